The van der Waals surface area contributed by atoms with Crippen LogP contribution in [0.25, 0.3) is 0 Å². The van der Waals surface area contributed by atoms with Crippen molar-refractivity contribution >= 4 is 5.78 Å². The second-order valence-electron chi connectivity index (χ2n) is 5.81. The minimum Gasteiger partial charge on any atom is -0.305 e. The Morgan fingerprint density at radius 3 is 2.26 bits per heavy atom. The van der Waals surface area contributed by atoms with Crippen molar-refractivity contribution in [3.05, 3.63) is 35.4 Å². The standard InChI is InChI=1S/C17H25NO/c1-13-9-11-15(12-10-13)17(19)14(2)18-16-7-5-3-4-6-8-16/h9-12,14,16,18H,3-8H2,1-2H3. The summed E-state index contributed by atoms with van der Waals surface area (Å²) in [5.41, 5.74) is 2.01. The molecule has 1 saturated carbocycles. The first-order valence-corrected chi connectivity index (χ1v) is 7.54. The molecular formula is C17H25NO. The van der Waals surface area contributed by atoms with Gasteiger partial charge in [-0.3, -0.25) is 4.79 Å². The lowest BCUT2D eigenvalue weighted by molar-refractivity contribution is 0.0942. The molecule has 0 aromatic heterocycles. The van der Waals surface area contributed by atoms with Crippen molar-refractivity contribution in [3.63, 3.8) is 0 Å². The number of hydrogen-bond donors (Lipinski definition) is 1. The first kappa shape index (κ1) is 14.3. The van der Waals surface area contributed by atoms with E-state index >= 15 is 0 Å². The van der Waals surface area contributed by atoms with Crippen molar-refractivity contribution in [1.82, 2.24) is 5.32 Å². The van der Waals surface area contributed by atoms with Gasteiger partial charge in [0.25, 0.3) is 0 Å². The Hall–Kier alpha value is -1.15. The SMILES string of the molecule is Cc1ccc(C(=O)C(C)NC2CCCCCC2)cc1. The Bertz CT molecular complexity index is 402. The molecule has 1 atom stereocenters. The molecule has 1 aromatic carbocycles. The van der Waals surface area contributed by atoms with Crippen molar-refractivity contribution in [2.24, 2.45) is 0 Å². The Labute approximate surface area is 116 Å². The summed E-state index contributed by atoms with van der Waals surface area (Å²) in [5.74, 6) is 0.212. The van der Waals surface area contributed by atoms with E-state index in [0.717, 1.165) is 5.56 Å². The third-order valence-electron chi connectivity index (χ3n) is 4.07. The number of hydrogen-bond acceptors (Lipinski definition) is 2. The number of carbonyl (C=O) groups excluding carboxylic acids is 1. The van der Waals surface area contributed by atoms with Crippen molar-refractivity contribution < 1.29 is 4.79 Å². The van der Waals surface area contributed by atoms with Crippen molar-refractivity contribution in [2.45, 2.75) is 64.5 Å². The predicted octanol–water partition coefficient (Wildman–Crippen LogP) is 3.88. The van der Waals surface area contributed by atoms with Gasteiger partial charge in [-0.2, -0.15) is 0 Å². The summed E-state index contributed by atoms with van der Waals surface area (Å²) in [4.78, 5) is 12.4. The normalized spacial score (nSPS) is 18.8. The molecule has 1 N–H and O–H groups in total. The van der Waals surface area contributed by atoms with Crippen LogP contribution in [0.15, 0.2) is 24.3 Å². The minimum atomic E-state index is -0.0780. The maximum atomic E-state index is 12.4. The fourth-order valence-corrected chi connectivity index (χ4v) is 2.84. The van der Waals surface area contributed by atoms with Gasteiger partial charge < -0.3 is 5.32 Å². The molecule has 19 heavy (non-hydrogen) atoms. The van der Waals surface area contributed by atoms with Crippen LogP contribution in [-0.2, 0) is 0 Å². The molecular weight excluding hydrogens is 234 g/mol. The Morgan fingerprint density at radius 2 is 1.68 bits per heavy atom. The molecule has 2 heteroatoms. The first-order chi connectivity index (χ1) is 9.16. The van der Waals surface area contributed by atoms with E-state index in [1.165, 1.54) is 44.1 Å². The number of rotatable bonds is 4. The summed E-state index contributed by atoms with van der Waals surface area (Å²) in [7, 11) is 0. The topological polar surface area (TPSA) is 29.1 Å². The lowest BCUT2D eigenvalue weighted by Gasteiger charge is -2.21. The second kappa shape index (κ2) is 6.85. The summed E-state index contributed by atoms with van der Waals surface area (Å²) in [6.07, 6.45) is 7.71. The molecule has 1 unspecified atom stereocenters. The number of aryl methyl sites for hydroxylation is 1. The van der Waals surface area contributed by atoms with Crippen LogP contribution in [0, 0.1) is 6.92 Å². The van der Waals surface area contributed by atoms with Gasteiger partial charge in [-0.05, 0) is 26.7 Å². The molecule has 2 rings (SSSR count). The number of ketones is 1. The van der Waals surface area contributed by atoms with Crippen LogP contribution in [0.2, 0.25) is 0 Å². The Kier molecular flexibility index (Phi) is 5.15. The summed E-state index contributed by atoms with van der Waals surface area (Å²) in [6.45, 7) is 4.04. The van der Waals surface area contributed by atoms with Gasteiger partial charge in [0.2, 0.25) is 0 Å². The molecule has 0 saturated heterocycles. The van der Waals surface area contributed by atoms with E-state index in [4.69, 9.17) is 0 Å². The molecule has 104 valence electrons. The third kappa shape index (κ3) is 4.17. The van der Waals surface area contributed by atoms with Gasteiger partial charge >= 0.3 is 0 Å². The van der Waals surface area contributed by atoms with E-state index in [0.29, 0.717) is 6.04 Å². The second-order valence-corrected chi connectivity index (χ2v) is 5.81. The first-order valence-electron chi connectivity index (χ1n) is 7.54. The number of nitrogens with one attached hydrogen (secondary N) is 1. The van der Waals surface area contributed by atoms with Crippen molar-refractivity contribution in [3.8, 4) is 0 Å². The minimum absolute atomic E-state index is 0.0780. The maximum absolute atomic E-state index is 12.4. The van der Waals surface area contributed by atoms with Gasteiger partial charge in [-0.1, -0.05) is 55.5 Å². The predicted molar refractivity (Wildman–Crippen MR) is 79.6 cm³/mol. The summed E-state index contributed by atoms with van der Waals surface area (Å²) >= 11 is 0. The molecule has 0 amide bonds. The zero-order valence-electron chi connectivity index (χ0n) is 12.1. The van der Waals surface area contributed by atoms with Crippen LogP contribution < -0.4 is 5.32 Å². The molecule has 0 bridgehead atoms. The van der Waals surface area contributed by atoms with Crippen LogP contribution in [-0.4, -0.2) is 17.9 Å². The summed E-state index contributed by atoms with van der Waals surface area (Å²) < 4.78 is 0. The molecule has 1 aliphatic carbocycles. The van der Waals surface area contributed by atoms with E-state index in [1.54, 1.807) is 0 Å². The number of carbonyl (C=O) groups is 1. The highest BCUT2D eigenvalue weighted by Gasteiger charge is 2.19. The highest BCUT2D eigenvalue weighted by Crippen LogP contribution is 2.18. The fraction of sp³-hybridized carbons (Fsp3) is 0.588. The molecule has 1 fully saturated rings. The molecule has 0 heterocycles. The average Bonchev–Trinajstić information content (AvgIpc) is 2.67. The quantitative estimate of drug-likeness (QED) is 0.657. The largest absolute Gasteiger partial charge is 0.305 e. The molecule has 0 radical (unpaired) electrons. The maximum Gasteiger partial charge on any atom is 0.179 e. The van der Waals surface area contributed by atoms with Crippen LogP contribution in [0.5, 0.6) is 0 Å². The third-order valence-corrected chi connectivity index (χ3v) is 4.07. The number of benzene rings is 1. The van der Waals surface area contributed by atoms with Crippen LogP contribution >= 0.6 is 0 Å². The molecule has 2 nitrogen and oxygen atoms in total. The van der Waals surface area contributed by atoms with Gasteiger partial charge in [-0.15, -0.1) is 0 Å². The van der Waals surface area contributed by atoms with E-state index in [-0.39, 0.29) is 11.8 Å². The van der Waals surface area contributed by atoms with Gasteiger partial charge in [0.15, 0.2) is 5.78 Å². The lowest BCUT2D eigenvalue weighted by atomic mass is 10.0. The van der Waals surface area contributed by atoms with Crippen LogP contribution in [0.4, 0.5) is 0 Å². The fourth-order valence-electron chi connectivity index (χ4n) is 2.84. The number of Topliss-reactive ketones (excluding diaryl/α,β-unsaturated/α-hetero) is 1. The highest BCUT2D eigenvalue weighted by atomic mass is 16.1. The average molecular weight is 259 g/mol. The van der Waals surface area contributed by atoms with Gasteiger partial charge in [0.05, 0.1) is 6.04 Å². The van der Waals surface area contributed by atoms with Crippen LogP contribution in [0.3, 0.4) is 0 Å². The van der Waals surface area contributed by atoms with Gasteiger partial charge in [-0.25, -0.2) is 0 Å². The molecule has 0 aliphatic heterocycles. The highest BCUT2D eigenvalue weighted by molar-refractivity contribution is 5.99. The smallest absolute Gasteiger partial charge is 0.179 e. The summed E-state index contributed by atoms with van der Waals surface area (Å²) in [6, 6.07) is 8.32. The molecule has 1 aromatic rings. The van der Waals surface area contributed by atoms with E-state index in [1.807, 2.05) is 38.1 Å². The monoisotopic (exact) mass is 259 g/mol. The van der Waals surface area contributed by atoms with Crippen molar-refractivity contribution in [2.75, 3.05) is 0 Å². The van der Waals surface area contributed by atoms with E-state index < -0.39 is 0 Å². The Balaban J connectivity index is 1.92. The zero-order valence-corrected chi connectivity index (χ0v) is 12.1. The van der Waals surface area contributed by atoms with E-state index in [2.05, 4.69) is 5.32 Å². The van der Waals surface area contributed by atoms with Crippen LogP contribution in [0.1, 0.15) is 61.4 Å². The molecule has 0 spiro atoms. The van der Waals surface area contributed by atoms with E-state index in [9.17, 15) is 4.79 Å². The van der Waals surface area contributed by atoms with Crippen molar-refractivity contribution in [1.29, 1.82) is 0 Å². The van der Waals surface area contributed by atoms with Gasteiger partial charge in [0, 0.05) is 11.6 Å². The lowest BCUT2D eigenvalue weighted by Crippen LogP contribution is -2.41. The molecule has 1 aliphatic rings. The summed E-state index contributed by atoms with van der Waals surface area (Å²) in [5, 5.41) is 3.52. The Morgan fingerprint density at radius 1 is 1.11 bits per heavy atom. The zero-order chi connectivity index (χ0) is 13.7. The van der Waals surface area contributed by atoms with Gasteiger partial charge in [0.1, 0.15) is 0 Å².